The predicted octanol–water partition coefficient (Wildman–Crippen LogP) is 3.02. The van der Waals surface area contributed by atoms with Crippen molar-refractivity contribution in [1.29, 1.82) is 0 Å². The summed E-state index contributed by atoms with van der Waals surface area (Å²) in [6, 6.07) is 5.98. The molecule has 1 rings (SSSR count). The molecule has 0 aliphatic carbocycles. The zero-order valence-electron chi connectivity index (χ0n) is 9.29. The highest BCUT2D eigenvalue weighted by Crippen LogP contribution is 2.28. The number of hydrogen-bond donors (Lipinski definition) is 1. The Kier molecular flexibility index (Phi) is 4.92. The molecule has 1 aromatic carbocycles. The summed E-state index contributed by atoms with van der Waals surface area (Å²) in [5.74, 6) is 0.720. The molecule has 0 aromatic heterocycles. The molecule has 0 aliphatic rings. The van der Waals surface area contributed by atoms with Crippen LogP contribution in [0.25, 0.3) is 0 Å². The molecule has 1 aromatic rings. The first kappa shape index (κ1) is 12.3. The van der Waals surface area contributed by atoms with Gasteiger partial charge in [-0.15, -0.1) is 0 Å². The Morgan fingerprint density at radius 2 is 2.20 bits per heavy atom. The van der Waals surface area contributed by atoms with Crippen LogP contribution in [0.15, 0.2) is 18.2 Å². The van der Waals surface area contributed by atoms with Crippen molar-refractivity contribution in [3.63, 3.8) is 0 Å². The fourth-order valence-electron chi connectivity index (χ4n) is 1.63. The molecule has 0 fully saturated rings. The number of hydrogen-bond acceptors (Lipinski definition) is 2. The van der Waals surface area contributed by atoms with E-state index in [2.05, 4.69) is 6.92 Å². The molecule has 0 bridgehead atoms. The lowest BCUT2D eigenvalue weighted by atomic mass is 10.0. The van der Waals surface area contributed by atoms with E-state index >= 15 is 0 Å². The molecule has 2 N–H and O–H groups in total. The summed E-state index contributed by atoms with van der Waals surface area (Å²) >= 11 is 6.17. The molecular formula is C12H18ClNO. The van der Waals surface area contributed by atoms with E-state index in [-0.39, 0.29) is 6.04 Å². The molecule has 2 nitrogen and oxygen atoms in total. The monoisotopic (exact) mass is 227 g/mol. The van der Waals surface area contributed by atoms with Crippen LogP contribution in [0.2, 0.25) is 5.02 Å². The smallest absolute Gasteiger partial charge is 0.137 e. The minimum absolute atomic E-state index is 0.180. The van der Waals surface area contributed by atoms with Crippen LogP contribution < -0.4 is 10.5 Å². The van der Waals surface area contributed by atoms with E-state index in [4.69, 9.17) is 22.1 Å². The largest absolute Gasteiger partial charge is 0.495 e. The summed E-state index contributed by atoms with van der Waals surface area (Å²) in [6.07, 6.45) is 2.93. The summed E-state index contributed by atoms with van der Waals surface area (Å²) in [4.78, 5) is 0. The fraction of sp³-hybridized carbons (Fsp3) is 0.500. The molecule has 84 valence electrons. The molecule has 0 aliphatic heterocycles. The fourth-order valence-corrected chi connectivity index (χ4v) is 1.91. The van der Waals surface area contributed by atoms with Crippen molar-refractivity contribution < 1.29 is 4.74 Å². The van der Waals surface area contributed by atoms with Gasteiger partial charge in [0.2, 0.25) is 0 Å². The van der Waals surface area contributed by atoms with Gasteiger partial charge in [0.05, 0.1) is 12.1 Å². The van der Waals surface area contributed by atoms with Gasteiger partial charge in [-0.2, -0.15) is 0 Å². The Morgan fingerprint density at radius 3 is 2.80 bits per heavy atom. The van der Waals surface area contributed by atoms with Gasteiger partial charge in [0.1, 0.15) is 5.75 Å². The molecule has 0 amide bonds. The Labute approximate surface area is 96.4 Å². The van der Waals surface area contributed by atoms with Crippen molar-refractivity contribution in [1.82, 2.24) is 0 Å². The molecule has 3 heteroatoms. The topological polar surface area (TPSA) is 35.2 Å². The lowest BCUT2D eigenvalue weighted by Crippen LogP contribution is -2.22. The number of rotatable bonds is 5. The van der Waals surface area contributed by atoms with Crippen molar-refractivity contribution in [2.24, 2.45) is 5.73 Å². The van der Waals surface area contributed by atoms with Crippen LogP contribution in [0.5, 0.6) is 5.75 Å². The maximum absolute atomic E-state index is 6.17. The highest BCUT2D eigenvalue weighted by atomic mass is 35.5. The van der Waals surface area contributed by atoms with Crippen LogP contribution in [0.4, 0.5) is 0 Å². The van der Waals surface area contributed by atoms with Crippen molar-refractivity contribution in [3.05, 3.63) is 28.8 Å². The Hall–Kier alpha value is -0.730. The Morgan fingerprint density at radius 1 is 1.47 bits per heavy atom. The zero-order valence-corrected chi connectivity index (χ0v) is 10.1. The van der Waals surface area contributed by atoms with Crippen molar-refractivity contribution >= 4 is 11.6 Å². The predicted molar refractivity (Wildman–Crippen MR) is 64.6 cm³/mol. The lowest BCUT2D eigenvalue weighted by molar-refractivity contribution is 0.414. The second-order valence-electron chi connectivity index (χ2n) is 3.69. The summed E-state index contributed by atoms with van der Waals surface area (Å²) in [7, 11) is 1.62. The summed E-state index contributed by atoms with van der Waals surface area (Å²) in [5.41, 5.74) is 7.04. The minimum atomic E-state index is 0.180. The average molecular weight is 228 g/mol. The van der Waals surface area contributed by atoms with Crippen LogP contribution >= 0.6 is 11.6 Å². The summed E-state index contributed by atoms with van der Waals surface area (Å²) in [5, 5.41) is 0.687. The van der Waals surface area contributed by atoms with Gasteiger partial charge in [-0.3, -0.25) is 0 Å². The van der Waals surface area contributed by atoms with Crippen LogP contribution in [0, 0.1) is 0 Å². The van der Waals surface area contributed by atoms with E-state index in [1.807, 2.05) is 18.2 Å². The van der Waals surface area contributed by atoms with E-state index < -0.39 is 0 Å². The minimum Gasteiger partial charge on any atom is -0.495 e. The first-order valence-corrected chi connectivity index (χ1v) is 5.63. The molecule has 0 radical (unpaired) electrons. The molecule has 0 saturated heterocycles. The van der Waals surface area contributed by atoms with Crippen molar-refractivity contribution in [2.45, 2.75) is 32.2 Å². The summed E-state index contributed by atoms with van der Waals surface area (Å²) in [6.45, 7) is 2.13. The molecule has 0 heterocycles. The second kappa shape index (κ2) is 5.99. The van der Waals surface area contributed by atoms with Gasteiger partial charge in [-0.25, -0.2) is 0 Å². The number of methoxy groups -OCH3 is 1. The number of nitrogens with two attached hydrogens (primary N) is 1. The maximum atomic E-state index is 6.17. The third kappa shape index (κ3) is 3.40. The average Bonchev–Trinajstić information content (AvgIpc) is 2.21. The van der Waals surface area contributed by atoms with Crippen molar-refractivity contribution in [2.75, 3.05) is 7.11 Å². The van der Waals surface area contributed by atoms with Gasteiger partial charge in [0.15, 0.2) is 0 Å². The summed E-state index contributed by atoms with van der Waals surface area (Å²) < 4.78 is 5.15. The van der Waals surface area contributed by atoms with Crippen LogP contribution in [-0.2, 0) is 6.42 Å². The van der Waals surface area contributed by atoms with Crippen LogP contribution in [0.3, 0.4) is 0 Å². The molecule has 1 unspecified atom stereocenters. The van der Waals surface area contributed by atoms with Crippen molar-refractivity contribution in [3.8, 4) is 5.75 Å². The first-order valence-electron chi connectivity index (χ1n) is 5.26. The molecule has 0 saturated carbocycles. The molecule has 1 atom stereocenters. The lowest BCUT2D eigenvalue weighted by Gasteiger charge is -2.13. The SMILES string of the molecule is CCCC(N)Cc1cccc(OC)c1Cl. The highest BCUT2D eigenvalue weighted by molar-refractivity contribution is 6.32. The number of benzene rings is 1. The number of halogens is 1. The Balaban J connectivity index is 2.76. The maximum Gasteiger partial charge on any atom is 0.137 e. The molecular weight excluding hydrogens is 210 g/mol. The van der Waals surface area contributed by atoms with E-state index in [1.165, 1.54) is 0 Å². The van der Waals surface area contributed by atoms with E-state index in [9.17, 15) is 0 Å². The quantitative estimate of drug-likeness (QED) is 0.839. The molecule has 0 spiro atoms. The van der Waals surface area contributed by atoms with Gasteiger partial charge < -0.3 is 10.5 Å². The van der Waals surface area contributed by atoms with Gasteiger partial charge in [-0.05, 0) is 24.5 Å². The second-order valence-corrected chi connectivity index (χ2v) is 4.06. The van der Waals surface area contributed by atoms with E-state index in [1.54, 1.807) is 7.11 Å². The zero-order chi connectivity index (χ0) is 11.3. The normalized spacial score (nSPS) is 12.5. The van der Waals surface area contributed by atoms with Crippen LogP contribution in [0.1, 0.15) is 25.3 Å². The third-order valence-electron chi connectivity index (χ3n) is 2.40. The first-order chi connectivity index (χ1) is 7.19. The third-order valence-corrected chi connectivity index (χ3v) is 2.83. The van der Waals surface area contributed by atoms with E-state index in [0.29, 0.717) is 5.02 Å². The van der Waals surface area contributed by atoms with Gasteiger partial charge >= 0.3 is 0 Å². The standard InChI is InChI=1S/C12H18ClNO/c1-3-5-10(14)8-9-6-4-7-11(15-2)12(9)13/h4,6-7,10H,3,5,8,14H2,1-2H3. The van der Waals surface area contributed by atoms with Gasteiger partial charge in [0, 0.05) is 6.04 Å². The van der Waals surface area contributed by atoms with Gasteiger partial charge in [0.25, 0.3) is 0 Å². The van der Waals surface area contributed by atoms with E-state index in [0.717, 1.165) is 30.6 Å². The van der Waals surface area contributed by atoms with Gasteiger partial charge in [-0.1, -0.05) is 37.1 Å². The van der Waals surface area contributed by atoms with Crippen LogP contribution in [-0.4, -0.2) is 13.2 Å². The highest BCUT2D eigenvalue weighted by Gasteiger charge is 2.09. The molecule has 15 heavy (non-hydrogen) atoms. The Bertz CT molecular complexity index is 314. The number of ether oxygens (including phenoxy) is 1.